The number of halogens is 1. The normalized spacial score (nSPS) is 10.7. The van der Waals surface area contributed by atoms with Crippen molar-refractivity contribution in [1.82, 2.24) is 5.32 Å². The van der Waals surface area contributed by atoms with Gasteiger partial charge in [-0.15, -0.1) is 0 Å². The number of benzene rings is 1. The molecule has 4 nitrogen and oxygen atoms in total. The highest BCUT2D eigenvalue weighted by atomic mass is 35.5. The summed E-state index contributed by atoms with van der Waals surface area (Å²) < 4.78 is 10.2. The van der Waals surface area contributed by atoms with Crippen LogP contribution < -0.4 is 5.32 Å². The Hall–Kier alpha value is -0.810. The minimum Gasteiger partial charge on any atom is -0.506 e. The molecule has 0 aromatic heterocycles. The molecule has 0 unspecified atom stereocenters. The predicted molar refractivity (Wildman–Crippen MR) is 67.5 cm³/mol. The summed E-state index contributed by atoms with van der Waals surface area (Å²) in [6.45, 7) is 3.35. The van der Waals surface area contributed by atoms with Crippen LogP contribution in [-0.2, 0) is 16.0 Å². The van der Waals surface area contributed by atoms with Crippen LogP contribution in [0.4, 0.5) is 0 Å². The second kappa shape index (κ2) is 8.31. The average Bonchev–Trinajstić information content (AvgIpc) is 2.32. The summed E-state index contributed by atoms with van der Waals surface area (Å²) in [6.07, 6.45) is 0. The number of phenols is 1. The second-order valence-corrected chi connectivity index (χ2v) is 3.97. The molecule has 1 aromatic carbocycles. The van der Waals surface area contributed by atoms with Gasteiger partial charge in [0.2, 0.25) is 0 Å². The molecule has 17 heavy (non-hydrogen) atoms. The van der Waals surface area contributed by atoms with Gasteiger partial charge in [0, 0.05) is 20.2 Å². The Labute approximate surface area is 106 Å². The van der Waals surface area contributed by atoms with Gasteiger partial charge in [-0.2, -0.15) is 0 Å². The van der Waals surface area contributed by atoms with Gasteiger partial charge in [0.1, 0.15) is 5.75 Å². The van der Waals surface area contributed by atoms with Gasteiger partial charge < -0.3 is 19.9 Å². The first kappa shape index (κ1) is 14.3. The Balaban J connectivity index is 2.11. The van der Waals surface area contributed by atoms with Crippen molar-refractivity contribution in [1.29, 1.82) is 0 Å². The van der Waals surface area contributed by atoms with Crippen molar-refractivity contribution in [2.45, 2.75) is 6.54 Å². The minimum absolute atomic E-state index is 0.110. The molecule has 0 radical (unpaired) electrons. The van der Waals surface area contributed by atoms with Crippen LogP contribution in [0.15, 0.2) is 18.2 Å². The minimum atomic E-state index is 0.110. The number of hydrogen-bond acceptors (Lipinski definition) is 4. The van der Waals surface area contributed by atoms with Gasteiger partial charge in [-0.25, -0.2) is 0 Å². The second-order valence-electron chi connectivity index (χ2n) is 3.57. The van der Waals surface area contributed by atoms with Gasteiger partial charge in [0.25, 0.3) is 0 Å². The van der Waals surface area contributed by atoms with E-state index in [1.54, 1.807) is 19.2 Å². The molecule has 0 aliphatic heterocycles. The van der Waals surface area contributed by atoms with Gasteiger partial charge in [-0.1, -0.05) is 17.7 Å². The molecule has 0 aliphatic rings. The Morgan fingerprint density at radius 2 is 2.12 bits per heavy atom. The summed E-state index contributed by atoms with van der Waals surface area (Å²) in [6, 6.07) is 5.17. The third-order valence-corrected chi connectivity index (χ3v) is 2.50. The van der Waals surface area contributed by atoms with Crippen molar-refractivity contribution in [2.75, 3.05) is 33.5 Å². The van der Waals surface area contributed by atoms with E-state index in [1.807, 2.05) is 6.07 Å². The average molecular weight is 260 g/mol. The topological polar surface area (TPSA) is 50.7 Å². The molecule has 0 saturated carbocycles. The molecule has 0 aliphatic carbocycles. The summed E-state index contributed by atoms with van der Waals surface area (Å²) in [4.78, 5) is 0. The summed E-state index contributed by atoms with van der Waals surface area (Å²) in [7, 11) is 1.65. The summed E-state index contributed by atoms with van der Waals surface area (Å²) in [5, 5.41) is 12.8. The van der Waals surface area contributed by atoms with Crippen molar-refractivity contribution in [3.8, 4) is 5.75 Å². The Kier molecular flexibility index (Phi) is 6.96. The number of ether oxygens (including phenoxy) is 2. The molecule has 0 atom stereocenters. The summed E-state index contributed by atoms with van der Waals surface area (Å²) in [5.74, 6) is 0.110. The van der Waals surface area contributed by atoms with E-state index in [-0.39, 0.29) is 5.75 Å². The number of nitrogens with one attached hydrogen (secondary N) is 1. The number of phenolic OH excluding ortho intramolecular Hbond substituents is 1. The van der Waals surface area contributed by atoms with E-state index in [1.165, 1.54) is 0 Å². The summed E-state index contributed by atoms with van der Waals surface area (Å²) >= 11 is 5.79. The fraction of sp³-hybridized carbons (Fsp3) is 0.500. The van der Waals surface area contributed by atoms with Crippen molar-refractivity contribution >= 4 is 11.6 Å². The van der Waals surface area contributed by atoms with Crippen LogP contribution in [0.1, 0.15) is 5.56 Å². The van der Waals surface area contributed by atoms with Crippen molar-refractivity contribution in [3.05, 3.63) is 28.8 Å². The van der Waals surface area contributed by atoms with Crippen molar-refractivity contribution < 1.29 is 14.6 Å². The quantitative estimate of drug-likeness (QED) is 0.699. The molecule has 0 bridgehead atoms. The van der Waals surface area contributed by atoms with E-state index >= 15 is 0 Å². The molecule has 0 amide bonds. The zero-order valence-electron chi connectivity index (χ0n) is 9.91. The molecule has 0 saturated heterocycles. The number of methoxy groups -OCH3 is 1. The van der Waals surface area contributed by atoms with Gasteiger partial charge in [-0.05, 0) is 17.7 Å². The first-order chi connectivity index (χ1) is 8.24. The Morgan fingerprint density at radius 3 is 2.82 bits per heavy atom. The standard InChI is InChI=1S/C12H18ClNO3/c1-16-6-7-17-5-4-14-9-10-2-3-12(15)11(13)8-10/h2-3,8,14-15H,4-7,9H2,1H3. The molecule has 1 rings (SSSR count). The van der Waals surface area contributed by atoms with E-state index in [9.17, 15) is 5.11 Å². The molecule has 0 heterocycles. The van der Waals surface area contributed by atoms with Crippen LogP contribution in [-0.4, -0.2) is 38.6 Å². The monoisotopic (exact) mass is 259 g/mol. The van der Waals surface area contributed by atoms with Crippen LogP contribution in [0.3, 0.4) is 0 Å². The molecule has 0 spiro atoms. The first-order valence-electron chi connectivity index (χ1n) is 5.49. The highest BCUT2D eigenvalue weighted by Crippen LogP contribution is 2.23. The molecule has 0 fully saturated rings. The zero-order chi connectivity index (χ0) is 12.5. The largest absolute Gasteiger partial charge is 0.506 e. The van der Waals surface area contributed by atoms with Crippen LogP contribution >= 0.6 is 11.6 Å². The van der Waals surface area contributed by atoms with E-state index in [2.05, 4.69) is 5.32 Å². The van der Waals surface area contributed by atoms with Gasteiger partial charge in [0.15, 0.2) is 0 Å². The third kappa shape index (κ3) is 5.89. The van der Waals surface area contributed by atoms with Crippen LogP contribution in [0, 0.1) is 0 Å². The van der Waals surface area contributed by atoms with E-state index in [4.69, 9.17) is 21.1 Å². The van der Waals surface area contributed by atoms with Gasteiger partial charge in [0.05, 0.1) is 24.8 Å². The lowest BCUT2D eigenvalue weighted by atomic mass is 10.2. The molecule has 2 N–H and O–H groups in total. The Morgan fingerprint density at radius 1 is 1.29 bits per heavy atom. The third-order valence-electron chi connectivity index (χ3n) is 2.20. The lowest BCUT2D eigenvalue weighted by molar-refractivity contribution is 0.0719. The lowest BCUT2D eigenvalue weighted by Crippen LogP contribution is -2.20. The first-order valence-corrected chi connectivity index (χ1v) is 5.86. The fourth-order valence-corrected chi connectivity index (χ4v) is 1.48. The maximum Gasteiger partial charge on any atom is 0.134 e. The molecular weight excluding hydrogens is 242 g/mol. The van der Waals surface area contributed by atoms with Gasteiger partial charge >= 0.3 is 0 Å². The predicted octanol–water partition coefficient (Wildman–Crippen LogP) is 1.80. The lowest BCUT2D eigenvalue weighted by Gasteiger charge is -2.07. The Bertz CT molecular complexity index is 334. The molecule has 5 heteroatoms. The number of hydrogen-bond donors (Lipinski definition) is 2. The number of rotatable bonds is 8. The highest BCUT2D eigenvalue weighted by Gasteiger charge is 1.99. The molecule has 1 aromatic rings. The zero-order valence-corrected chi connectivity index (χ0v) is 10.7. The smallest absolute Gasteiger partial charge is 0.134 e. The maximum atomic E-state index is 9.25. The number of aromatic hydroxyl groups is 1. The SMILES string of the molecule is COCCOCCNCc1ccc(O)c(Cl)c1. The fourth-order valence-electron chi connectivity index (χ4n) is 1.28. The van der Waals surface area contributed by atoms with E-state index in [0.717, 1.165) is 12.1 Å². The summed E-state index contributed by atoms with van der Waals surface area (Å²) in [5.41, 5.74) is 1.03. The van der Waals surface area contributed by atoms with Crippen molar-refractivity contribution in [2.24, 2.45) is 0 Å². The maximum absolute atomic E-state index is 9.25. The highest BCUT2D eigenvalue weighted by molar-refractivity contribution is 6.32. The van der Waals surface area contributed by atoms with Crippen molar-refractivity contribution in [3.63, 3.8) is 0 Å². The molecular formula is C12H18ClNO3. The van der Waals surface area contributed by atoms with Crippen LogP contribution in [0.2, 0.25) is 5.02 Å². The molecule has 96 valence electrons. The van der Waals surface area contributed by atoms with Gasteiger partial charge in [-0.3, -0.25) is 0 Å². The van der Waals surface area contributed by atoms with Crippen LogP contribution in [0.25, 0.3) is 0 Å². The van der Waals surface area contributed by atoms with E-state index in [0.29, 0.717) is 31.4 Å². The van der Waals surface area contributed by atoms with E-state index < -0.39 is 0 Å². The van der Waals surface area contributed by atoms with Crippen LogP contribution in [0.5, 0.6) is 5.75 Å².